The second-order valence-electron chi connectivity index (χ2n) is 1.09. The molecule has 0 aromatic carbocycles. The van der Waals surface area contributed by atoms with Gasteiger partial charge in [0.15, 0.2) is 0 Å². The lowest BCUT2D eigenvalue weighted by atomic mass is 10.4. The number of hydrogen-bond acceptors (Lipinski definition) is 0. The van der Waals surface area contributed by atoms with E-state index in [-0.39, 0.29) is 0 Å². The van der Waals surface area contributed by atoms with Crippen LogP contribution in [0.2, 0.25) is 0 Å². The normalized spacial score (nSPS) is 9.50. The van der Waals surface area contributed by atoms with Crippen molar-refractivity contribution in [3.8, 4) is 0 Å². The first-order valence-corrected chi connectivity index (χ1v) is 2.14. The maximum absolute atomic E-state index is 3.55. The molecule has 0 N–H and O–H groups in total. The summed E-state index contributed by atoms with van der Waals surface area (Å²) in [6, 6.07) is 0. The number of allylic oxidation sites excluding steroid dienone is 3. The van der Waals surface area contributed by atoms with Gasteiger partial charge in [-0.2, -0.15) is 0 Å². The fourth-order valence-corrected chi connectivity index (χ4v) is 0.232. The van der Waals surface area contributed by atoms with E-state index >= 15 is 0 Å². The van der Waals surface area contributed by atoms with E-state index in [1.54, 1.807) is 0 Å². The van der Waals surface area contributed by atoms with Crippen LogP contribution in [0.25, 0.3) is 0 Å². The number of hydrogen-bond donors (Lipinski definition) is 0. The SMILES string of the molecule is C=CC/C=C\C. The van der Waals surface area contributed by atoms with Crippen molar-refractivity contribution in [1.29, 1.82) is 0 Å². The molecule has 34 valence electrons. The van der Waals surface area contributed by atoms with Crippen LogP contribution in [0.15, 0.2) is 24.8 Å². The van der Waals surface area contributed by atoms with Crippen molar-refractivity contribution in [3.05, 3.63) is 24.8 Å². The first-order chi connectivity index (χ1) is 2.91. The van der Waals surface area contributed by atoms with Crippen LogP contribution >= 0.6 is 0 Å². The lowest BCUT2D eigenvalue weighted by molar-refractivity contribution is 1.39. The van der Waals surface area contributed by atoms with Gasteiger partial charge in [0.05, 0.1) is 0 Å². The molecule has 0 saturated carbocycles. The van der Waals surface area contributed by atoms with Gasteiger partial charge in [-0.05, 0) is 13.3 Å². The highest BCUT2D eigenvalue weighted by Gasteiger charge is 1.57. The average Bonchev–Trinajstić information content (AvgIpc) is 1.61. The minimum Gasteiger partial charge on any atom is -0.103 e. The highest BCUT2D eigenvalue weighted by molar-refractivity contribution is 4.85. The van der Waals surface area contributed by atoms with Gasteiger partial charge in [-0.1, -0.05) is 18.2 Å². The molecule has 0 heteroatoms. The fourth-order valence-electron chi connectivity index (χ4n) is 0.232. The summed E-state index contributed by atoms with van der Waals surface area (Å²) in [5, 5.41) is 0. The predicted octanol–water partition coefficient (Wildman–Crippen LogP) is 2.14. The zero-order chi connectivity index (χ0) is 4.83. The minimum absolute atomic E-state index is 0.997. The molecule has 0 radical (unpaired) electrons. The van der Waals surface area contributed by atoms with E-state index < -0.39 is 0 Å². The Hall–Kier alpha value is -0.520. The first-order valence-electron chi connectivity index (χ1n) is 2.14. The van der Waals surface area contributed by atoms with Crippen molar-refractivity contribution in [3.63, 3.8) is 0 Å². The van der Waals surface area contributed by atoms with Gasteiger partial charge in [-0.15, -0.1) is 6.58 Å². The second-order valence-corrected chi connectivity index (χ2v) is 1.09. The van der Waals surface area contributed by atoms with E-state index in [1.165, 1.54) is 0 Å². The van der Waals surface area contributed by atoms with E-state index in [9.17, 15) is 0 Å². The third-order valence-electron chi connectivity index (χ3n) is 0.538. The van der Waals surface area contributed by atoms with Gasteiger partial charge < -0.3 is 0 Å². The monoisotopic (exact) mass is 82.1 g/mol. The first kappa shape index (κ1) is 5.48. The molecule has 0 amide bonds. The summed E-state index contributed by atoms with van der Waals surface area (Å²) in [6.07, 6.45) is 6.95. The van der Waals surface area contributed by atoms with Crippen molar-refractivity contribution >= 4 is 0 Å². The van der Waals surface area contributed by atoms with Crippen molar-refractivity contribution in [2.75, 3.05) is 0 Å². The molecule has 0 heterocycles. The predicted molar refractivity (Wildman–Crippen MR) is 29.6 cm³/mol. The van der Waals surface area contributed by atoms with Crippen LogP contribution in [0.5, 0.6) is 0 Å². The molecule has 0 aromatic heterocycles. The molecule has 0 unspecified atom stereocenters. The van der Waals surface area contributed by atoms with Gasteiger partial charge in [0.25, 0.3) is 0 Å². The molecule has 0 aromatic rings. The van der Waals surface area contributed by atoms with E-state index in [0.717, 1.165) is 6.42 Å². The van der Waals surface area contributed by atoms with Crippen molar-refractivity contribution in [2.45, 2.75) is 13.3 Å². The summed E-state index contributed by atoms with van der Waals surface area (Å²) in [6.45, 7) is 5.55. The largest absolute Gasteiger partial charge is 0.103 e. The summed E-state index contributed by atoms with van der Waals surface area (Å²) >= 11 is 0. The molecule has 0 nitrogen and oxygen atoms in total. The van der Waals surface area contributed by atoms with Crippen molar-refractivity contribution in [1.82, 2.24) is 0 Å². The molecule has 0 aliphatic carbocycles. The van der Waals surface area contributed by atoms with Gasteiger partial charge in [0.1, 0.15) is 0 Å². The summed E-state index contributed by atoms with van der Waals surface area (Å²) < 4.78 is 0. The Morgan fingerprint density at radius 2 is 2.33 bits per heavy atom. The molecule has 6 heavy (non-hydrogen) atoms. The Morgan fingerprint density at radius 3 is 2.50 bits per heavy atom. The lowest BCUT2D eigenvalue weighted by Crippen LogP contribution is -1.48. The molecular formula is C6H10. The minimum atomic E-state index is 0.997. The molecule has 0 aliphatic rings. The molecular weight excluding hydrogens is 72.1 g/mol. The zero-order valence-electron chi connectivity index (χ0n) is 4.15. The van der Waals surface area contributed by atoms with E-state index in [4.69, 9.17) is 0 Å². The van der Waals surface area contributed by atoms with Gasteiger partial charge in [0, 0.05) is 0 Å². The van der Waals surface area contributed by atoms with Crippen LogP contribution in [0.1, 0.15) is 13.3 Å². The molecule has 0 spiro atoms. The molecule has 0 rings (SSSR count). The maximum atomic E-state index is 3.55. The molecule has 0 atom stereocenters. The van der Waals surface area contributed by atoms with E-state index in [1.807, 2.05) is 19.1 Å². The number of rotatable bonds is 2. The van der Waals surface area contributed by atoms with Crippen LogP contribution < -0.4 is 0 Å². The third-order valence-corrected chi connectivity index (χ3v) is 0.538. The summed E-state index contributed by atoms with van der Waals surface area (Å²) in [5.74, 6) is 0. The summed E-state index contributed by atoms with van der Waals surface area (Å²) in [4.78, 5) is 0. The molecule has 0 saturated heterocycles. The Labute approximate surface area is 39.2 Å². The standard InChI is InChI=1S/C6H10/c1-3-5-6-4-2/h3-4,6H,1,5H2,2H3/b6-4-. The highest BCUT2D eigenvalue weighted by atomic mass is 13.6. The van der Waals surface area contributed by atoms with Gasteiger partial charge in [0.2, 0.25) is 0 Å². The lowest BCUT2D eigenvalue weighted by Gasteiger charge is -1.69. The molecule has 0 fully saturated rings. The highest BCUT2D eigenvalue weighted by Crippen LogP contribution is 1.78. The fraction of sp³-hybridized carbons (Fsp3) is 0.333. The van der Waals surface area contributed by atoms with Crippen molar-refractivity contribution in [2.24, 2.45) is 0 Å². The Balaban J connectivity index is 2.85. The Morgan fingerprint density at radius 1 is 1.67 bits per heavy atom. The van der Waals surface area contributed by atoms with Crippen LogP contribution in [-0.2, 0) is 0 Å². The maximum Gasteiger partial charge on any atom is -0.0172 e. The summed E-state index contributed by atoms with van der Waals surface area (Å²) in [5.41, 5.74) is 0. The van der Waals surface area contributed by atoms with Crippen LogP contribution in [0, 0.1) is 0 Å². The van der Waals surface area contributed by atoms with Crippen LogP contribution in [0.4, 0.5) is 0 Å². The average molecular weight is 82.1 g/mol. The molecule has 0 aliphatic heterocycles. The zero-order valence-corrected chi connectivity index (χ0v) is 4.15. The summed E-state index contributed by atoms with van der Waals surface area (Å²) in [7, 11) is 0. The van der Waals surface area contributed by atoms with Crippen LogP contribution in [0.3, 0.4) is 0 Å². The quantitative estimate of drug-likeness (QED) is 0.448. The topological polar surface area (TPSA) is 0 Å². The van der Waals surface area contributed by atoms with E-state index in [0.29, 0.717) is 0 Å². The van der Waals surface area contributed by atoms with Gasteiger partial charge in [-0.3, -0.25) is 0 Å². The third kappa shape index (κ3) is 3.48. The van der Waals surface area contributed by atoms with Crippen molar-refractivity contribution < 1.29 is 0 Å². The Kier molecular flexibility index (Phi) is 4.09. The van der Waals surface area contributed by atoms with Crippen LogP contribution in [-0.4, -0.2) is 0 Å². The molecule has 0 bridgehead atoms. The van der Waals surface area contributed by atoms with Gasteiger partial charge in [-0.25, -0.2) is 0 Å². The van der Waals surface area contributed by atoms with E-state index in [2.05, 4.69) is 12.7 Å². The smallest absolute Gasteiger partial charge is 0.0172 e. The Bertz CT molecular complexity index is 51.1. The van der Waals surface area contributed by atoms with Gasteiger partial charge >= 0.3 is 0 Å². The second kappa shape index (κ2) is 4.48.